The monoisotopic (exact) mass is 328 g/mol. The molecular formula is C19H21ClN2O. The second-order valence-electron chi connectivity index (χ2n) is 5.91. The molecule has 1 saturated heterocycles. The number of carbonyl (C=O) groups is 1. The molecule has 2 aromatic rings. The first-order valence-corrected chi connectivity index (χ1v) is 8.48. The third-order valence-electron chi connectivity index (χ3n) is 4.20. The van der Waals surface area contributed by atoms with E-state index >= 15 is 0 Å². The Kier molecular flexibility index (Phi) is 5.19. The molecule has 1 fully saturated rings. The van der Waals surface area contributed by atoms with E-state index in [0.29, 0.717) is 17.1 Å². The number of nitrogens with zero attached hydrogens (tertiary/aromatic N) is 1. The second kappa shape index (κ2) is 7.51. The summed E-state index contributed by atoms with van der Waals surface area (Å²) < 4.78 is 0. The fraction of sp³-hybridized carbons (Fsp3) is 0.316. The van der Waals surface area contributed by atoms with Crippen LogP contribution in [0.4, 0.5) is 5.69 Å². The Bertz CT molecular complexity index is 663. The summed E-state index contributed by atoms with van der Waals surface area (Å²) in [6, 6.07) is 15.4. The van der Waals surface area contributed by atoms with E-state index in [1.54, 1.807) is 24.3 Å². The molecule has 1 amide bonds. The molecule has 0 aromatic heterocycles. The lowest BCUT2D eigenvalue weighted by molar-refractivity contribution is 0.0951. The molecule has 0 saturated carbocycles. The van der Waals surface area contributed by atoms with Crippen LogP contribution in [0.2, 0.25) is 5.02 Å². The highest BCUT2D eigenvalue weighted by molar-refractivity contribution is 6.30. The molecule has 1 N–H and O–H groups in total. The van der Waals surface area contributed by atoms with E-state index < -0.39 is 0 Å². The maximum atomic E-state index is 12.1. The van der Waals surface area contributed by atoms with Crippen LogP contribution < -0.4 is 10.2 Å². The number of rotatable bonds is 4. The van der Waals surface area contributed by atoms with E-state index in [2.05, 4.69) is 34.5 Å². The van der Waals surface area contributed by atoms with Gasteiger partial charge < -0.3 is 10.2 Å². The van der Waals surface area contributed by atoms with Crippen molar-refractivity contribution in [2.75, 3.05) is 18.0 Å². The first kappa shape index (κ1) is 15.9. The Morgan fingerprint density at radius 3 is 2.48 bits per heavy atom. The van der Waals surface area contributed by atoms with Crippen LogP contribution in [0.3, 0.4) is 0 Å². The molecule has 1 heterocycles. The van der Waals surface area contributed by atoms with Crippen molar-refractivity contribution in [1.82, 2.24) is 5.32 Å². The lowest BCUT2D eigenvalue weighted by Crippen LogP contribution is -2.29. The van der Waals surface area contributed by atoms with Crippen molar-refractivity contribution in [2.24, 2.45) is 0 Å². The van der Waals surface area contributed by atoms with Crippen molar-refractivity contribution in [3.05, 3.63) is 64.7 Å². The molecule has 0 radical (unpaired) electrons. The Labute approximate surface area is 142 Å². The van der Waals surface area contributed by atoms with Gasteiger partial charge in [-0.3, -0.25) is 4.79 Å². The molecule has 120 valence electrons. The summed E-state index contributed by atoms with van der Waals surface area (Å²) in [4.78, 5) is 14.5. The number of halogens is 1. The second-order valence-corrected chi connectivity index (χ2v) is 6.34. The molecule has 3 rings (SSSR count). The van der Waals surface area contributed by atoms with Crippen molar-refractivity contribution < 1.29 is 4.79 Å². The summed E-state index contributed by atoms with van der Waals surface area (Å²) in [5.74, 6) is -0.104. The maximum absolute atomic E-state index is 12.1. The number of carbonyl (C=O) groups excluding carboxylic acids is 1. The summed E-state index contributed by atoms with van der Waals surface area (Å²) in [7, 11) is 0. The Morgan fingerprint density at radius 2 is 1.78 bits per heavy atom. The van der Waals surface area contributed by atoms with Crippen molar-refractivity contribution >= 4 is 23.2 Å². The zero-order valence-electron chi connectivity index (χ0n) is 13.1. The molecule has 3 nitrogen and oxygen atoms in total. The van der Waals surface area contributed by atoms with Gasteiger partial charge in [0.15, 0.2) is 0 Å². The third-order valence-corrected chi connectivity index (χ3v) is 4.43. The first-order chi connectivity index (χ1) is 11.2. The summed E-state index contributed by atoms with van der Waals surface area (Å²) in [5, 5.41) is 3.50. The van der Waals surface area contributed by atoms with Gasteiger partial charge in [0.1, 0.15) is 0 Å². The van der Waals surface area contributed by atoms with Crippen molar-refractivity contribution in [3.63, 3.8) is 0 Å². The SMILES string of the molecule is O=C(NCc1ccc(N2CCCCC2)cc1)c1cccc(Cl)c1. The first-order valence-electron chi connectivity index (χ1n) is 8.10. The van der Waals surface area contributed by atoms with Gasteiger partial charge in [0.2, 0.25) is 0 Å². The van der Waals surface area contributed by atoms with Crippen LogP contribution in [-0.2, 0) is 6.54 Å². The number of anilines is 1. The van der Waals surface area contributed by atoms with E-state index in [1.165, 1.54) is 24.9 Å². The minimum Gasteiger partial charge on any atom is -0.372 e. The van der Waals surface area contributed by atoms with Crippen molar-refractivity contribution in [2.45, 2.75) is 25.8 Å². The topological polar surface area (TPSA) is 32.3 Å². The van der Waals surface area contributed by atoms with Gasteiger partial charge in [-0.15, -0.1) is 0 Å². The zero-order chi connectivity index (χ0) is 16.1. The van der Waals surface area contributed by atoms with E-state index in [9.17, 15) is 4.79 Å². The normalized spacial score (nSPS) is 14.6. The molecule has 0 atom stereocenters. The molecule has 4 heteroatoms. The highest BCUT2D eigenvalue weighted by Crippen LogP contribution is 2.20. The summed E-state index contributed by atoms with van der Waals surface area (Å²) in [6.45, 7) is 2.81. The smallest absolute Gasteiger partial charge is 0.251 e. The predicted octanol–water partition coefficient (Wildman–Crippen LogP) is 4.26. The van der Waals surface area contributed by atoms with Crippen LogP contribution >= 0.6 is 11.6 Å². The zero-order valence-corrected chi connectivity index (χ0v) is 13.9. The van der Waals surface area contributed by atoms with Gasteiger partial charge in [-0.25, -0.2) is 0 Å². The number of amides is 1. The summed E-state index contributed by atoms with van der Waals surface area (Å²) in [6.07, 6.45) is 3.89. The van der Waals surface area contributed by atoms with Crippen LogP contribution in [0, 0.1) is 0 Å². The fourth-order valence-corrected chi connectivity index (χ4v) is 3.08. The number of hydrogen-bond acceptors (Lipinski definition) is 2. The Hall–Kier alpha value is -2.00. The van der Waals surface area contributed by atoms with Crippen molar-refractivity contribution in [1.29, 1.82) is 0 Å². The van der Waals surface area contributed by atoms with Crippen LogP contribution in [0.1, 0.15) is 35.2 Å². The van der Waals surface area contributed by atoms with Crippen LogP contribution in [-0.4, -0.2) is 19.0 Å². The number of piperidine rings is 1. The highest BCUT2D eigenvalue weighted by Gasteiger charge is 2.11. The Balaban J connectivity index is 1.57. The number of benzene rings is 2. The predicted molar refractivity (Wildman–Crippen MR) is 95.1 cm³/mol. The molecule has 0 unspecified atom stereocenters. The number of hydrogen-bond donors (Lipinski definition) is 1. The average Bonchev–Trinajstić information content (AvgIpc) is 2.61. The molecule has 0 bridgehead atoms. The van der Waals surface area contributed by atoms with Gasteiger partial charge in [0.25, 0.3) is 5.91 Å². The van der Waals surface area contributed by atoms with E-state index in [4.69, 9.17) is 11.6 Å². The quantitative estimate of drug-likeness (QED) is 0.909. The highest BCUT2D eigenvalue weighted by atomic mass is 35.5. The van der Waals surface area contributed by atoms with E-state index in [0.717, 1.165) is 18.7 Å². The summed E-state index contributed by atoms with van der Waals surface area (Å²) in [5.41, 5.74) is 2.96. The molecule has 2 aromatic carbocycles. The van der Waals surface area contributed by atoms with Gasteiger partial charge in [-0.05, 0) is 55.2 Å². The van der Waals surface area contributed by atoms with Gasteiger partial charge in [-0.2, -0.15) is 0 Å². The number of nitrogens with one attached hydrogen (secondary N) is 1. The minimum atomic E-state index is -0.104. The molecule has 0 spiro atoms. The molecule has 1 aliphatic heterocycles. The van der Waals surface area contributed by atoms with Crippen LogP contribution in [0.25, 0.3) is 0 Å². The molecular weight excluding hydrogens is 308 g/mol. The lowest BCUT2D eigenvalue weighted by atomic mass is 10.1. The summed E-state index contributed by atoms with van der Waals surface area (Å²) >= 11 is 5.91. The third kappa shape index (κ3) is 4.26. The standard InChI is InChI=1S/C19H21ClN2O/c20-17-6-4-5-16(13-17)19(23)21-14-15-7-9-18(10-8-15)22-11-2-1-3-12-22/h4-10,13H,1-3,11-12,14H2,(H,21,23). The van der Waals surface area contributed by atoms with Crippen LogP contribution in [0.15, 0.2) is 48.5 Å². The lowest BCUT2D eigenvalue weighted by Gasteiger charge is -2.28. The Morgan fingerprint density at radius 1 is 1.04 bits per heavy atom. The van der Waals surface area contributed by atoms with E-state index in [-0.39, 0.29) is 5.91 Å². The van der Waals surface area contributed by atoms with Gasteiger partial charge in [-0.1, -0.05) is 29.8 Å². The minimum absolute atomic E-state index is 0.104. The van der Waals surface area contributed by atoms with Gasteiger partial charge in [0.05, 0.1) is 0 Å². The maximum Gasteiger partial charge on any atom is 0.251 e. The van der Waals surface area contributed by atoms with Crippen molar-refractivity contribution in [3.8, 4) is 0 Å². The van der Waals surface area contributed by atoms with Crippen LogP contribution in [0.5, 0.6) is 0 Å². The largest absolute Gasteiger partial charge is 0.372 e. The van der Waals surface area contributed by atoms with E-state index in [1.807, 2.05) is 0 Å². The van der Waals surface area contributed by atoms with Gasteiger partial charge in [0, 0.05) is 35.9 Å². The fourth-order valence-electron chi connectivity index (χ4n) is 2.89. The molecule has 0 aliphatic carbocycles. The molecule has 1 aliphatic rings. The average molecular weight is 329 g/mol. The molecule has 23 heavy (non-hydrogen) atoms. The van der Waals surface area contributed by atoms with Gasteiger partial charge >= 0.3 is 0 Å².